The third-order valence-electron chi connectivity index (χ3n) is 4.34. The number of aromatic nitrogens is 3. The Balaban J connectivity index is 1.85. The van der Waals surface area contributed by atoms with Crippen LogP contribution in [-0.2, 0) is 0 Å². The SMILES string of the molecule is Cc1cnc(-c2cnc(OCC(C)C)c(Cl)c2)c2cc3onc(N)c3cc12. The summed E-state index contributed by atoms with van der Waals surface area (Å²) in [5.41, 5.74) is 9.10. The third-order valence-corrected chi connectivity index (χ3v) is 4.61. The van der Waals surface area contributed by atoms with Crippen molar-refractivity contribution in [1.29, 1.82) is 0 Å². The Morgan fingerprint density at radius 2 is 1.93 bits per heavy atom. The maximum Gasteiger partial charge on any atom is 0.232 e. The summed E-state index contributed by atoms with van der Waals surface area (Å²) in [5.74, 6) is 1.19. The minimum absolute atomic E-state index is 0.376. The fraction of sp³-hybridized carbons (Fsp3) is 0.250. The van der Waals surface area contributed by atoms with E-state index >= 15 is 0 Å². The topological polar surface area (TPSA) is 87.1 Å². The van der Waals surface area contributed by atoms with Gasteiger partial charge in [-0.15, -0.1) is 0 Å². The smallest absolute Gasteiger partial charge is 0.232 e. The van der Waals surface area contributed by atoms with Crippen molar-refractivity contribution in [3.63, 3.8) is 0 Å². The van der Waals surface area contributed by atoms with E-state index in [1.807, 2.05) is 31.3 Å². The molecule has 0 amide bonds. The van der Waals surface area contributed by atoms with Crippen LogP contribution in [0.3, 0.4) is 0 Å². The van der Waals surface area contributed by atoms with Crippen LogP contribution in [0.15, 0.2) is 35.1 Å². The average Bonchev–Trinajstić information content (AvgIpc) is 3.00. The van der Waals surface area contributed by atoms with Gasteiger partial charge in [-0.3, -0.25) is 4.98 Å². The van der Waals surface area contributed by atoms with E-state index in [9.17, 15) is 0 Å². The van der Waals surface area contributed by atoms with Crippen LogP contribution in [-0.4, -0.2) is 21.7 Å². The first-order chi connectivity index (χ1) is 12.9. The van der Waals surface area contributed by atoms with Crippen molar-refractivity contribution in [1.82, 2.24) is 15.1 Å². The van der Waals surface area contributed by atoms with Gasteiger partial charge in [0.05, 0.1) is 17.7 Å². The second-order valence-corrected chi connectivity index (χ2v) is 7.37. The number of halogens is 1. The van der Waals surface area contributed by atoms with Crippen LogP contribution < -0.4 is 10.5 Å². The molecule has 4 aromatic rings. The standard InChI is InChI=1S/C20H19ClN4O2/c1-10(2)9-26-20-16(21)4-12(8-24-20)18-14-6-17-15(19(22)25-27-17)5-13(14)11(3)7-23-18/h4-8,10H,9H2,1-3H3,(H2,22,25). The lowest BCUT2D eigenvalue weighted by atomic mass is 10.0. The summed E-state index contributed by atoms with van der Waals surface area (Å²) in [5, 5.41) is 7.03. The highest BCUT2D eigenvalue weighted by Crippen LogP contribution is 2.35. The first-order valence-corrected chi connectivity index (χ1v) is 9.04. The Morgan fingerprint density at radius 1 is 1.11 bits per heavy atom. The number of aryl methyl sites for hydroxylation is 1. The lowest BCUT2D eigenvalue weighted by Crippen LogP contribution is -2.06. The summed E-state index contributed by atoms with van der Waals surface area (Å²) in [4.78, 5) is 8.97. The Hall–Kier alpha value is -2.86. The molecule has 4 rings (SSSR count). The zero-order valence-corrected chi connectivity index (χ0v) is 16.0. The van der Waals surface area contributed by atoms with Gasteiger partial charge in [0, 0.05) is 23.3 Å². The molecule has 2 N–H and O–H groups in total. The van der Waals surface area contributed by atoms with Crippen LogP contribution in [0.25, 0.3) is 33.0 Å². The molecule has 0 radical (unpaired) electrons. The lowest BCUT2D eigenvalue weighted by molar-refractivity contribution is 0.261. The maximum atomic E-state index is 6.38. The van der Waals surface area contributed by atoms with Crippen molar-refractivity contribution in [3.05, 3.63) is 41.2 Å². The second-order valence-electron chi connectivity index (χ2n) is 6.97. The molecule has 0 unspecified atom stereocenters. The van der Waals surface area contributed by atoms with Crippen LogP contribution in [0.4, 0.5) is 5.82 Å². The number of nitrogen functional groups attached to an aromatic ring is 1. The molecule has 0 bridgehead atoms. The molecular weight excluding hydrogens is 364 g/mol. The van der Waals surface area contributed by atoms with E-state index in [1.54, 1.807) is 6.20 Å². The normalized spacial score (nSPS) is 11.6. The van der Waals surface area contributed by atoms with E-state index in [4.69, 9.17) is 26.6 Å². The lowest BCUT2D eigenvalue weighted by Gasteiger charge is -2.12. The fourth-order valence-corrected chi connectivity index (χ4v) is 3.18. The van der Waals surface area contributed by atoms with Gasteiger partial charge in [-0.1, -0.05) is 30.6 Å². The fourth-order valence-electron chi connectivity index (χ4n) is 2.96. The Bertz CT molecular complexity index is 1150. The molecule has 0 aliphatic heterocycles. The summed E-state index contributed by atoms with van der Waals surface area (Å²) >= 11 is 6.38. The summed E-state index contributed by atoms with van der Waals surface area (Å²) in [7, 11) is 0. The number of fused-ring (bicyclic) bond motifs is 2. The summed E-state index contributed by atoms with van der Waals surface area (Å²) in [6, 6.07) is 5.70. The molecule has 0 saturated heterocycles. The van der Waals surface area contributed by atoms with E-state index in [2.05, 4.69) is 29.0 Å². The van der Waals surface area contributed by atoms with Crippen LogP contribution in [0.5, 0.6) is 5.88 Å². The van der Waals surface area contributed by atoms with Crippen molar-refractivity contribution in [3.8, 4) is 17.1 Å². The van der Waals surface area contributed by atoms with Crippen molar-refractivity contribution in [2.75, 3.05) is 12.3 Å². The minimum atomic E-state index is 0.376. The summed E-state index contributed by atoms with van der Waals surface area (Å²) in [6.45, 7) is 6.70. The molecule has 6 nitrogen and oxygen atoms in total. The van der Waals surface area contributed by atoms with Gasteiger partial charge in [-0.25, -0.2) is 4.98 Å². The molecule has 7 heteroatoms. The minimum Gasteiger partial charge on any atom is -0.476 e. The Labute approximate surface area is 161 Å². The van der Waals surface area contributed by atoms with Gasteiger partial charge in [0.1, 0.15) is 5.02 Å². The Morgan fingerprint density at radius 3 is 2.67 bits per heavy atom. The van der Waals surface area contributed by atoms with Gasteiger partial charge in [0.2, 0.25) is 5.88 Å². The largest absolute Gasteiger partial charge is 0.476 e. The van der Waals surface area contributed by atoms with Crippen LogP contribution in [0.1, 0.15) is 19.4 Å². The number of pyridine rings is 2. The quantitative estimate of drug-likeness (QED) is 0.533. The first-order valence-electron chi connectivity index (χ1n) is 8.67. The monoisotopic (exact) mass is 382 g/mol. The number of rotatable bonds is 4. The van der Waals surface area contributed by atoms with E-state index in [-0.39, 0.29) is 0 Å². The molecule has 0 atom stereocenters. The van der Waals surface area contributed by atoms with E-state index in [1.165, 1.54) is 0 Å². The number of anilines is 1. The van der Waals surface area contributed by atoms with Crippen molar-refractivity contribution in [2.45, 2.75) is 20.8 Å². The van der Waals surface area contributed by atoms with Gasteiger partial charge in [0.25, 0.3) is 0 Å². The van der Waals surface area contributed by atoms with Crippen molar-refractivity contribution >= 4 is 39.2 Å². The van der Waals surface area contributed by atoms with Gasteiger partial charge in [-0.2, -0.15) is 0 Å². The zero-order valence-electron chi connectivity index (χ0n) is 15.3. The molecule has 3 aromatic heterocycles. The molecule has 1 aromatic carbocycles. The summed E-state index contributed by atoms with van der Waals surface area (Å²) < 4.78 is 11.0. The number of hydrogen-bond donors (Lipinski definition) is 1. The van der Waals surface area contributed by atoms with Crippen LogP contribution >= 0.6 is 11.6 Å². The number of nitrogens with two attached hydrogens (primary N) is 1. The van der Waals surface area contributed by atoms with Crippen molar-refractivity contribution in [2.24, 2.45) is 5.92 Å². The number of nitrogens with zero attached hydrogens (tertiary/aromatic N) is 3. The molecule has 0 saturated carbocycles. The van der Waals surface area contributed by atoms with Crippen LogP contribution in [0, 0.1) is 12.8 Å². The zero-order chi connectivity index (χ0) is 19.1. The molecular formula is C20H19ClN4O2. The highest BCUT2D eigenvalue weighted by molar-refractivity contribution is 6.32. The number of hydrogen-bond acceptors (Lipinski definition) is 6. The number of benzene rings is 1. The van der Waals surface area contributed by atoms with Gasteiger partial charge in [0.15, 0.2) is 11.4 Å². The third kappa shape index (κ3) is 3.17. The molecule has 27 heavy (non-hydrogen) atoms. The first kappa shape index (κ1) is 17.5. The van der Waals surface area contributed by atoms with E-state index in [0.717, 1.165) is 33.0 Å². The molecule has 3 heterocycles. The van der Waals surface area contributed by atoms with E-state index < -0.39 is 0 Å². The highest BCUT2D eigenvalue weighted by Gasteiger charge is 2.15. The predicted octanol–water partition coefficient (Wildman–Crippen LogP) is 5.02. The Kier molecular flexibility index (Phi) is 4.36. The average molecular weight is 383 g/mol. The van der Waals surface area contributed by atoms with Crippen molar-refractivity contribution < 1.29 is 9.26 Å². The van der Waals surface area contributed by atoms with E-state index in [0.29, 0.717) is 34.8 Å². The summed E-state index contributed by atoms with van der Waals surface area (Å²) in [6.07, 6.45) is 3.54. The predicted molar refractivity (Wildman–Crippen MR) is 107 cm³/mol. The van der Waals surface area contributed by atoms with Crippen LogP contribution in [0.2, 0.25) is 5.02 Å². The number of ether oxygens (including phenoxy) is 1. The molecule has 0 aliphatic rings. The molecule has 0 spiro atoms. The van der Waals surface area contributed by atoms with Gasteiger partial charge in [-0.05, 0) is 42.0 Å². The highest BCUT2D eigenvalue weighted by atomic mass is 35.5. The van der Waals surface area contributed by atoms with Gasteiger partial charge >= 0.3 is 0 Å². The molecule has 0 fully saturated rings. The molecule has 0 aliphatic carbocycles. The maximum absolute atomic E-state index is 6.38. The van der Waals surface area contributed by atoms with Gasteiger partial charge < -0.3 is 15.0 Å². The second kappa shape index (κ2) is 6.70. The molecule has 138 valence electrons.